The number of nitrogens with zero attached hydrogens (tertiary/aromatic N) is 3. The quantitative estimate of drug-likeness (QED) is 0.513. The molecule has 11 heteroatoms. The summed E-state index contributed by atoms with van der Waals surface area (Å²) in [5, 5.41) is 19.5. The highest BCUT2D eigenvalue weighted by atomic mass is 16.4. The van der Waals surface area contributed by atoms with Gasteiger partial charge in [0.1, 0.15) is 5.82 Å². The zero-order chi connectivity index (χ0) is 23.0. The molecule has 3 rings (SSSR count). The fourth-order valence-electron chi connectivity index (χ4n) is 3.44. The summed E-state index contributed by atoms with van der Waals surface area (Å²) in [4.78, 5) is 47.9. The number of carboxylic acids is 2. The fraction of sp³-hybridized carbons (Fsp3) is 0.450. The lowest BCUT2D eigenvalue weighted by Crippen LogP contribution is -2.45. The van der Waals surface area contributed by atoms with Crippen molar-refractivity contribution in [3.63, 3.8) is 0 Å². The van der Waals surface area contributed by atoms with Crippen LogP contribution in [0.25, 0.3) is 11.0 Å². The first-order valence-electron chi connectivity index (χ1n) is 9.83. The van der Waals surface area contributed by atoms with E-state index in [1.165, 1.54) is 12.6 Å². The highest BCUT2D eigenvalue weighted by Gasteiger charge is 2.22. The SMILES string of the molecule is CNC(=O)NC(=O)CN1CCC(Cn2c(C)nc3ccccc32)CC1.O=C(O)C(=O)O. The Kier molecular flexibility index (Phi) is 8.50. The summed E-state index contributed by atoms with van der Waals surface area (Å²) in [6, 6.07) is 7.78. The number of carboxylic acid groups (broad SMARTS) is 2. The van der Waals surface area contributed by atoms with E-state index in [4.69, 9.17) is 19.8 Å². The van der Waals surface area contributed by atoms with Crippen molar-refractivity contribution in [3.05, 3.63) is 30.1 Å². The number of benzene rings is 1. The molecule has 0 saturated carbocycles. The molecule has 0 aliphatic carbocycles. The standard InChI is InChI=1S/C18H25N5O2.C2H2O4/c1-13-20-15-5-3-4-6-16(15)23(13)11-14-7-9-22(10-8-14)12-17(24)21-18(25)19-2;3-1(4)2(5)6/h3-6,14H,7-12H2,1-2H3,(H2,19,21,24,25);(H,3,4)(H,5,6). The minimum Gasteiger partial charge on any atom is -0.473 e. The molecule has 11 nitrogen and oxygen atoms in total. The molecule has 0 atom stereocenters. The highest BCUT2D eigenvalue weighted by molar-refractivity contribution is 6.27. The van der Waals surface area contributed by atoms with Crippen LogP contribution in [0.4, 0.5) is 4.79 Å². The van der Waals surface area contributed by atoms with Gasteiger partial charge in [-0.3, -0.25) is 15.0 Å². The van der Waals surface area contributed by atoms with E-state index in [2.05, 4.69) is 38.1 Å². The van der Waals surface area contributed by atoms with Crippen LogP contribution in [0.1, 0.15) is 18.7 Å². The highest BCUT2D eigenvalue weighted by Crippen LogP contribution is 2.23. The number of piperidine rings is 1. The zero-order valence-electron chi connectivity index (χ0n) is 17.5. The van der Waals surface area contributed by atoms with Crippen molar-refractivity contribution in [2.45, 2.75) is 26.3 Å². The molecule has 1 aliphatic rings. The average Bonchev–Trinajstić information content (AvgIpc) is 3.04. The number of urea groups is 1. The number of nitrogens with one attached hydrogen (secondary N) is 2. The predicted octanol–water partition coefficient (Wildman–Crippen LogP) is 0.668. The molecule has 2 aromatic rings. The van der Waals surface area contributed by atoms with Gasteiger partial charge in [-0.05, 0) is 50.9 Å². The van der Waals surface area contributed by atoms with Gasteiger partial charge in [0.15, 0.2) is 0 Å². The summed E-state index contributed by atoms with van der Waals surface area (Å²) in [6.07, 6.45) is 2.08. The van der Waals surface area contributed by atoms with Crippen molar-refractivity contribution in [1.29, 1.82) is 0 Å². The van der Waals surface area contributed by atoms with E-state index in [0.717, 1.165) is 43.8 Å². The van der Waals surface area contributed by atoms with E-state index >= 15 is 0 Å². The lowest BCUT2D eigenvalue weighted by Gasteiger charge is -2.31. The van der Waals surface area contributed by atoms with Gasteiger partial charge >= 0.3 is 18.0 Å². The van der Waals surface area contributed by atoms with Crippen molar-refractivity contribution in [1.82, 2.24) is 25.1 Å². The molecule has 4 N–H and O–H groups in total. The van der Waals surface area contributed by atoms with Gasteiger partial charge < -0.3 is 20.1 Å². The molecule has 1 aromatic carbocycles. The number of fused-ring (bicyclic) bond motifs is 1. The number of para-hydroxylation sites is 2. The molecule has 0 spiro atoms. The number of likely N-dealkylation sites (tertiary alicyclic amines) is 1. The summed E-state index contributed by atoms with van der Waals surface area (Å²) < 4.78 is 2.30. The first-order valence-corrected chi connectivity index (χ1v) is 9.83. The Balaban J connectivity index is 0.000000501. The van der Waals surface area contributed by atoms with Crippen molar-refractivity contribution in [2.24, 2.45) is 5.92 Å². The maximum absolute atomic E-state index is 11.8. The number of hydrogen-bond donors (Lipinski definition) is 4. The van der Waals surface area contributed by atoms with Crippen LogP contribution in [0.15, 0.2) is 24.3 Å². The minimum atomic E-state index is -1.82. The van der Waals surface area contributed by atoms with Crippen molar-refractivity contribution >= 4 is 34.9 Å². The van der Waals surface area contributed by atoms with Crippen LogP contribution in [0.3, 0.4) is 0 Å². The second-order valence-electron chi connectivity index (χ2n) is 7.22. The van der Waals surface area contributed by atoms with Gasteiger partial charge in [0.05, 0.1) is 17.6 Å². The number of carbonyl (C=O) groups is 4. The second kappa shape index (κ2) is 11.1. The lowest BCUT2D eigenvalue weighted by molar-refractivity contribution is -0.159. The third kappa shape index (κ3) is 7.07. The lowest BCUT2D eigenvalue weighted by atomic mass is 9.96. The van der Waals surface area contributed by atoms with Crippen LogP contribution in [-0.4, -0.2) is 75.2 Å². The van der Waals surface area contributed by atoms with Gasteiger partial charge in [-0.25, -0.2) is 19.4 Å². The van der Waals surface area contributed by atoms with Crippen LogP contribution in [-0.2, 0) is 20.9 Å². The summed E-state index contributed by atoms with van der Waals surface area (Å²) >= 11 is 0. The Bertz CT molecular complexity index is 937. The summed E-state index contributed by atoms with van der Waals surface area (Å²) in [7, 11) is 1.50. The molecule has 31 heavy (non-hydrogen) atoms. The van der Waals surface area contributed by atoms with Gasteiger partial charge in [-0.15, -0.1) is 0 Å². The largest absolute Gasteiger partial charge is 0.473 e. The van der Waals surface area contributed by atoms with E-state index in [0.29, 0.717) is 5.92 Å². The van der Waals surface area contributed by atoms with Crippen LogP contribution >= 0.6 is 0 Å². The van der Waals surface area contributed by atoms with E-state index < -0.39 is 18.0 Å². The van der Waals surface area contributed by atoms with E-state index in [9.17, 15) is 9.59 Å². The fourth-order valence-corrected chi connectivity index (χ4v) is 3.44. The van der Waals surface area contributed by atoms with Gasteiger partial charge in [0, 0.05) is 13.6 Å². The first-order chi connectivity index (χ1) is 14.7. The molecule has 1 saturated heterocycles. The number of amides is 3. The van der Waals surface area contributed by atoms with E-state index in [-0.39, 0.29) is 12.5 Å². The monoisotopic (exact) mass is 433 g/mol. The van der Waals surface area contributed by atoms with Crippen molar-refractivity contribution < 1.29 is 29.4 Å². The normalized spacial score (nSPS) is 14.4. The number of aromatic nitrogens is 2. The topological polar surface area (TPSA) is 154 Å². The van der Waals surface area contributed by atoms with Crippen LogP contribution in [0, 0.1) is 12.8 Å². The number of carbonyl (C=O) groups excluding carboxylic acids is 2. The summed E-state index contributed by atoms with van der Waals surface area (Å²) in [6.45, 7) is 5.03. The number of aliphatic carboxylic acids is 2. The molecule has 0 unspecified atom stereocenters. The Morgan fingerprint density at radius 1 is 1.10 bits per heavy atom. The maximum atomic E-state index is 11.8. The number of imidazole rings is 1. The van der Waals surface area contributed by atoms with Crippen LogP contribution in [0.2, 0.25) is 0 Å². The number of rotatable bonds is 4. The second-order valence-corrected chi connectivity index (χ2v) is 7.22. The molecule has 1 fully saturated rings. The van der Waals surface area contributed by atoms with Crippen molar-refractivity contribution in [3.8, 4) is 0 Å². The maximum Gasteiger partial charge on any atom is 0.414 e. The van der Waals surface area contributed by atoms with Crippen molar-refractivity contribution in [2.75, 3.05) is 26.7 Å². The molecule has 1 aromatic heterocycles. The molecule has 3 amide bonds. The van der Waals surface area contributed by atoms with E-state index in [1.807, 2.05) is 18.2 Å². The Morgan fingerprint density at radius 3 is 2.29 bits per heavy atom. The molecule has 0 bridgehead atoms. The predicted molar refractivity (Wildman–Crippen MR) is 112 cm³/mol. The zero-order valence-corrected chi connectivity index (χ0v) is 17.5. The third-order valence-electron chi connectivity index (χ3n) is 5.02. The molecule has 2 heterocycles. The third-order valence-corrected chi connectivity index (χ3v) is 5.02. The van der Waals surface area contributed by atoms with Crippen LogP contribution < -0.4 is 10.6 Å². The number of imide groups is 1. The minimum absolute atomic E-state index is 0.255. The van der Waals surface area contributed by atoms with Gasteiger partial charge in [-0.1, -0.05) is 12.1 Å². The smallest absolute Gasteiger partial charge is 0.414 e. The molecule has 1 aliphatic heterocycles. The molecular weight excluding hydrogens is 406 g/mol. The molecule has 168 valence electrons. The average molecular weight is 433 g/mol. The Hall–Kier alpha value is -3.47. The molecule has 0 radical (unpaired) electrons. The van der Waals surface area contributed by atoms with Gasteiger partial charge in [0.2, 0.25) is 5.91 Å². The first kappa shape index (κ1) is 23.8. The number of hydrogen-bond acceptors (Lipinski definition) is 6. The summed E-state index contributed by atoms with van der Waals surface area (Å²) in [5.41, 5.74) is 2.23. The van der Waals surface area contributed by atoms with E-state index in [1.54, 1.807) is 0 Å². The van der Waals surface area contributed by atoms with Gasteiger partial charge in [-0.2, -0.15) is 0 Å². The summed E-state index contributed by atoms with van der Waals surface area (Å²) in [5.74, 6) is -2.28. The van der Waals surface area contributed by atoms with Gasteiger partial charge in [0.25, 0.3) is 0 Å². The molecular formula is C20H27N5O6. The Morgan fingerprint density at radius 2 is 1.71 bits per heavy atom. The Labute approximate surface area is 179 Å². The van der Waals surface area contributed by atoms with Crippen LogP contribution in [0.5, 0.6) is 0 Å². The number of aryl methyl sites for hydroxylation is 1.